The van der Waals surface area contributed by atoms with Crippen LogP contribution >= 0.6 is 0 Å². The lowest BCUT2D eigenvalue weighted by molar-refractivity contribution is -0.129. The van der Waals surface area contributed by atoms with Gasteiger partial charge in [0.25, 0.3) is 5.91 Å². The van der Waals surface area contributed by atoms with Gasteiger partial charge in [0.1, 0.15) is 40.8 Å². The summed E-state index contributed by atoms with van der Waals surface area (Å²) in [6.07, 6.45) is 1.18. The molecule has 1 atom stereocenters. The third-order valence-corrected chi connectivity index (χ3v) is 5.37. The minimum atomic E-state index is -1.03. The number of carbonyl (C=O) groups excluding carboxylic acids is 2. The van der Waals surface area contributed by atoms with Gasteiger partial charge < -0.3 is 10.1 Å². The fraction of sp³-hybridized carbons (Fsp3) is 0.115. The first-order chi connectivity index (χ1) is 16.8. The van der Waals surface area contributed by atoms with Crippen LogP contribution in [-0.4, -0.2) is 35.7 Å². The second-order valence-electron chi connectivity index (χ2n) is 7.71. The van der Waals surface area contributed by atoms with Crippen molar-refractivity contribution in [3.05, 3.63) is 101 Å². The highest BCUT2D eigenvalue weighted by Crippen LogP contribution is 2.26. The fourth-order valence-electron chi connectivity index (χ4n) is 3.50. The average Bonchev–Trinajstić information content (AvgIpc) is 3.17. The van der Waals surface area contributed by atoms with Gasteiger partial charge in [-0.15, -0.1) is 0 Å². The van der Waals surface area contributed by atoms with Crippen molar-refractivity contribution in [2.24, 2.45) is 4.99 Å². The largest absolute Gasteiger partial charge is 0.497 e. The van der Waals surface area contributed by atoms with Gasteiger partial charge >= 0.3 is 0 Å². The molecule has 0 radical (unpaired) electrons. The molecule has 3 aromatic rings. The molecule has 0 saturated carbocycles. The Labute approximate surface area is 199 Å². The standard InChI is InChI=1S/C26H20F3N3O3/c1-15(25(33)30-20-9-11-21(35-2)12-10-20)32-24(16-3-6-18(27)7-4-16)31-23(26(32)34)13-17-5-8-19(28)14-22(17)29/h3-15H,1-2H3,(H,30,33)/b23-13-. The van der Waals surface area contributed by atoms with Gasteiger partial charge in [-0.3, -0.25) is 14.5 Å². The third-order valence-electron chi connectivity index (χ3n) is 5.37. The number of amidine groups is 1. The lowest BCUT2D eigenvalue weighted by Gasteiger charge is -2.25. The Morgan fingerprint density at radius 3 is 2.29 bits per heavy atom. The van der Waals surface area contributed by atoms with Crippen molar-refractivity contribution in [1.29, 1.82) is 0 Å². The molecule has 1 heterocycles. The van der Waals surface area contributed by atoms with Gasteiger partial charge in [-0.1, -0.05) is 0 Å². The van der Waals surface area contributed by atoms with Crippen molar-refractivity contribution >= 4 is 29.4 Å². The molecule has 178 valence electrons. The molecular weight excluding hydrogens is 459 g/mol. The summed E-state index contributed by atoms with van der Waals surface area (Å²) in [5.41, 5.74) is 0.665. The van der Waals surface area contributed by atoms with Crippen molar-refractivity contribution in [1.82, 2.24) is 4.90 Å². The van der Waals surface area contributed by atoms with Crippen LogP contribution in [0.25, 0.3) is 6.08 Å². The number of halogens is 3. The topological polar surface area (TPSA) is 71.0 Å². The van der Waals surface area contributed by atoms with Crippen molar-refractivity contribution in [3.63, 3.8) is 0 Å². The van der Waals surface area contributed by atoms with E-state index < -0.39 is 35.3 Å². The number of nitrogens with one attached hydrogen (secondary N) is 1. The van der Waals surface area contributed by atoms with Crippen LogP contribution in [0, 0.1) is 17.5 Å². The monoisotopic (exact) mass is 479 g/mol. The Bertz CT molecular complexity index is 1340. The summed E-state index contributed by atoms with van der Waals surface area (Å²) in [4.78, 5) is 31.8. The predicted molar refractivity (Wildman–Crippen MR) is 125 cm³/mol. The molecule has 9 heteroatoms. The minimum Gasteiger partial charge on any atom is -0.497 e. The first-order valence-electron chi connectivity index (χ1n) is 10.6. The molecule has 4 rings (SSSR count). The molecule has 0 bridgehead atoms. The lowest BCUT2D eigenvalue weighted by atomic mass is 10.1. The van der Waals surface area contributed by atoms with E-state index in [1.54, 1.807) is 24.3 Å². The van der Waals surface area contributed by atoms with Crippen molar-refractivity contribution in [3.8, 4) is 5.75 Å². The molecule has 0 aromatic heterocycles. The van der Waals surface area contributed by atoms with Crippen LogP contribution < -0.4 is 10.1 Å². The van der Waals surface area contributed by atoms with Gasteiger partial charge in [0.15, 0.2) is 0 Å². The molecule has 0 fully saturated rings. The number of methoxy groups -OCH3 is 1. The molecule has 2 amide bonds. The van der Waals surface area contributed by atoms with Crippen LogP contribution in [0.4, 0.5) is 18.9 Å². The zero-order valence-electron chi connectivity index (χ0n) is 18.8. The van der Waals surface area contributed by atoms with E-state index in [-0.39, 0.29) is 17.1 Å². The highest BCUT2D eigenvalue weighted by atomic mass is 19.1. The lowest BCUT2D eigenvalue weighted by Crippen LogP contribution is -2.46. The van der Waals surface area contributed by atoms with E-state index >= 15 is 0 Å². The second kappa shape index (κ2) is 9.84. The van der Waals surface area contributed by atoms with Crippen LogP contribution in [0.2, 0.25) is 0 Å². The molecule has 1 unspecified atom stereocenters. The highest BCUT2D eigenvalue weighted by Gasteiger charge is 2.37. The first-order valence-corrected chi connectivity index (χ1v) is 10.6. The molecule has 1 N–H and O–H groups in total. The van der Waals surface area contributed by atoms with Crippen LogP contribution in [-0.2, 0) is 9.59 Å². The summed E-state index contributed by atoms with van der Waals surface area (Å²) >= 11 is 0. The predicted octanol–water partition coefficient (Wildman–Crippen LogP) is 4.77. The number of hydrogen-bond acceptors (Lipinski definition) is 4. The van der Waals surface area contributed by atoms with E-state index in [4.69, 9.17) is 4.74 Å². The number of aliphatic imine (C=N–C) groups is 1. The minimum absolute atomic E-state index is 0.0471. The quantitative estimate of drug-likeness (QED) is 0.518. The maximum atomic E-state index is 14.2. The van der Waals surface area contributed by atoms with Crippen LogP contribution in [0.5, 0.6) is 5.75 Å². The number of amides is 2. The maximum absolute atomic E-state index is 14.2. The molecule has 35 heavy (non-hydrogen) atoms. The van der Waals surface area contributed by atoms with E-state index in [1.165, 1.54) is 50.4 Å². The molecule has 1 aliphatic rings. The number of carbonyl (C=O) groups is 2. The summed E-state index contributed by atoms with van der Waals surface area (Å²) < 4.78 is 46.1. The average molecular weight is 479 g/mol. The van der Waals surface area contributed by atoms with Gasteiger partial charge in [0, 0.05) is 22.9 Å². The normalized spacial score (nSPS) is 15.2. The highest BCUT2D eigenvalue weighted by molar-refractivity contribution is 6.21. The summed E-state index contributed by atoms with van der Waals surface area (Å²) in [6.45, 7) is 1.51. The fourth-order valence-corrected chi connectivity index (χ4v) is 3.50. The molecule has 1 aliphatic heterocycles. The number of benzene rings is 3. The van der Waals surface area contributed by atoms with E-state index in [2.05, 4.69) is 10.3 Å². The van der Waals surface area contributed by atoms with Gasteiger partial charge in [-0.2, -0.15) is 0 Å². The summed E-state index contributed by atoms with van der Waals surface area (Å²) in [5.74, 6) is -2.57. The Kier molecular flexibility index (Phi) is 6.68. The Balaban J connectivity index is 1.68. The number of nitrogens with zero attached hydrogens (tertiary/aromatic N) is 2. The van der Waals surface area contributed by atoms with Crippen molar-refractivity contribution in [2.75, 3.05) is 12.4 Å². The molecule has 0 aliphatic carbocycles. The maximum Gasteiger partial charge on any atom is 0.278 e. The number of hydrogen-bond donors (Lipinski definition) is 1. The molecular formula is C26H20F3N3O3. The first kappa shape index (κ1) is 23.7. The smallest absolute Gasteiger partial charge is 0.278 e. The van der Waals surface area contributed by atoms with Gasteiger partial charge in [-0.05, 0) is 73.7 Å². The Morgan fingerprint density at radius 1 is 1.00 bits per heavy atom. The van der Waals surface area contributed by atoms with Crippen LogP contribution in [0.15, 0.2) is 77.4 Å². The molecule has 0 saturated heterocycles. The third kappa shape index (κ3) is 5.08. The van der Waals surface area contributed by atoms with Crippen molar-refractivity contribution < 1.29 is 27.5 Å². The zero-order valence-corrected chi connectivity index (χ0v) is 18.8. The van der Waals surface area contributed by atoms with E-state index in [0.717, 1.165) is 11.0 Å². The van der Waals surface area contributed by atoms with Gasteiger partial charge in [0.05, 0.1) is 7.11 Å². The van der Waals surface area contributed by atoms with E-state index in [0.29, 0.717) is 23.1 Å². The summed E-state index contributed by atoms with van der Waals surface area (Å²) in [6, 6.07) is 13.8. The SMILES string of the molecule is COc1ccc(NC(=O)C(C)N2C(=O)/C(=C/c3ccc(F)cc3F)N=C2c2ccc(F)cc2)cc1. The van der Waals surface area contributed by atoms with Gasteiger partial charge in [-0.25, -0.2) is 18.2 Å². The number of ether oxygens (including phenoxy) is 1. The van der Waals surface area contributed by atoms with E-state index in [9.17, 15) is 22.8 Å². The summed E-state index contributed by atoms with van der Waals surface area (Å²) in [5, 5.41) is 2.73. The van der Waals surface area contributed by atoms with Crippen molar-refractivity contribution in [2.45, 2.75) is 13.0 Å². The Hall–Kier alpha value is -4.40. The number of anilines is 1. The van der Waals surface area contributed by atoms with Crippen LogP contribution in [0.1, 0.15) is 18.1 Å². The number of rotatable bonds is 6. The summed E-state index contributed by atoms with van der Waals surface area (Å²) in [7, 11) is 1.52. The van der Waals surface area contributed by atoms with Crippen LogP contribution in [0.3, 0.4) is 0 Å². The molecule has 6 nitrogen and oxygen atoms in total. The Morgan fingerprint density at radius 2 is 1.66 bits per heavy atom. The van der Waals surface area contributed by atoms with E-state index in [1.807, 2.05) is 0 Å². The molecule has 0 spiro atoms. The van der Waals surface area contributed by atoms with Gasteiger partial charge in [0.2, 0.25) is 5.91 Å². The molecule has 3 aromatic carbocycles. The zero-order chi connectivity index (χ0) is 25.1. The second-order valence-corrected chi connectivity index (χ2v) is 7.71.